The Hall–Kier alpha value is -1.07. The van der Waals surface area contributed by atoms with E-state index < -0.39 is 0 Å². The fraction of sp³-hybridized carbons (Fsp3) is 0.364. The summed E-state index contributed by atoms with van der Waals surface area (Å²) in [4.78, 5) is 11.7. The van der Waals surface area contributed by atoms with Crippen LogP contribution in [0, 0.1) is 5.92 Å². The smallest absolute Gasteiger partial charge is 0.230 e. The Morgan fingerprint density at radius 2 is 2.25 bits per heavy atom. The van der Waals surface area contributed by atoms with Gasteiger partial charge in [-0.15, -0.1) is 0 Å². The Kier molecular flexibility index (Phi) is 3.46. The van der Waals surface area contributed by atoms with Crippen LogP contribution in [-0.2, 0) is 4.79 Å². The van der Waals surface area contributed by atoms with Crippen molar-refractivity contribution in [1.29, 1.82) is 0 Å². The van der Waals surface area contributed by atoms with E-state index in [0.717, 1.165) is 29.0 Å². The molecule has 1 heterocycles. The van der Waals surface area contributed by atoms with E-state index in [0.29, 0.717) is 0 Å². The lowest BCUT2D eigenvalue weighted by Crippen LogP contribution is -2.48. The van der Waals surface area contributed by atoms with Gasteiger partial charge >= 0.3 is 0 Å². The van der Waals surface area contributed by atoms with Crippen LogP contribution in [0.4, 0.5) is 5.69 Å². The summed E-state index contributed by atoms with van der Waals surface area (Å²) in [5.74, 6) is 0.861. The zero-order valence-electron chi connectivity index (χ0n) is 8.92. The van der Waals surface area contributed by atoms with Crippen LogP contribution < -0.4 is 15.4 Å². The van der Waals surface area contributed by atoms with Crippen molar-refractivity contribution in [3.05, 3.63) is 22.7 Å². The van der Waals surface area contributed by atoms with Gasteiger partial charge in [-0.3, -0.25) is 4.79 Å². The second kappa shape index (κ2) is 4.84. The molecule has 1 aromatic carbocycles. The minimum Gasteiger partial charge on any atom is -0.497 e. The first-order chi connectivity index (χ1) is 7.69. The molecule has 0 saturated carbocycles. The second-order valence-electron chi connectivity index (χ2n) is 3.72. The highest BCUT2D eigenvalue weighted by molar-refractivity contribution is 9.10. The van der Waals surface area contributed by atoms with Crippen LogP contribution in [0.15, 0.2) is 22.7 Å². The average molecular weight is 285 g/mol. The first kappa shape index (κ1) is 11.4. The number of carbonyl (C=O) groups excluding carboxylic acids is 1. The number of benzene rings is 1. The predicted octanol–water partition coefficient (Wildman–Crippen LogP) is 1.62. The van der Waals surface area contributed by atoms with E-state index in [1.54, 1.807) is 13.2 Å². The summed E-state index contributed by atoms with van der Waals surface area (Å²) < 4.78 is 6.01. The monoisotopic (exact) mass is 284 g/mol. The summed E-state index contributed by atoms with van der Waals surface area (Å²) in [5.41, 5.74) is 0.753. The van der Waals surface area contributed by atoms with Gasteiger partial charge in [0.05, 0.1) is 13.0 Å². The quantitative estimate of drug-likeness (QED) is 0.887. The molecule has 0 unspecified atom stereocenters. The van der Waals surface area contributed by atoms with Gasteiger partial charge in [-0.25, -0.2) is 0 Å². The molecule has 0 spiro atoms. The first-order valence-corrected chi connectivity index (χ1v) is 5.84. The molecule has 0 radical (unpaired) electrons. The number of carbonyl (C=O) groups is 1. The standard InChI is InChI=1S/C11H13BrN2O2/c1-16-10-3-8(12)2-9(4-10)14-11(15)7-5-13-6-7/h2-4,7,13H,5-6H2,1H3,(H,14,15). The molecule has 1 aliphatic rings. The largest absolute Gasteiger partial charge is 0.497 e. The molecular weight excluding hydrogens is 272 g/mol. The molecular formula is C11H13BrN2O2. The number of ether oxygens (including phenoxy) is 1. The maximum absolute atomic E-state index is 11.7. The molecule has 0 aromatic heterocycles. The number of anilines is 1. The summed E-state index contributed by atoms with van der Waals surface area (Å²) >= 11 is 3.37. The van der Waals surface area contributed by atoms with Gasteiger partial charge in [-0.2, -0.15) is 0 Å². The number of amides is 1. The third-order valence-corrected chi connectivity index (χ3v) is 2.98. The molecule has 2 rings (SSSR count). The number of methoxy groups -OCH3 is 1. The van der Waals surface area contributed by atoms with Crippen LogP contribution in [-0.4, -0.2) is 26.1 Å². The summed E-state index contributed by atoms with van der Waals surface area (Å²) in [6.07, 6.45) is 0. The van der Waals surface area contributed by atoms with Crippen molar-refractivity contribution < 1.29 is 9.53 Å². The summed E-state index contributed by atoms with van der Waals surface area (Å²) in [6.45, 7) is 1.52. The highest BCUT2D eigenvalue weighted by atomic mass is 79.9. The second-order valence-corrected chi connectivity index (χ2v) is 4.64. The van der Waals surface area contributed by atoms with Crippen LogP contribution in [0.5, 0.6) is 5.75 Å². The van der Waals surface area contributed by atoms with Gasteiger partial charge in [-0.1, -0.05) is 15.9 Å². The number of hydrogen-bond acceptors (Lipinski definition) is 3. The lowest BCUT2D eigenvalue weighted by Gasteiger charge is -2.25. The topological polar surface area (TPSA) is 50.4 Å². The van der Waals surface area contributed by atoms with Crippen LogP contribution in [0.25, 0.3) is 0 Å². The molecule has 0 bridgehead atoms. The Morgan fingerprint density at radius 3 is 2.81 bits per heavy atom. The molecule has 1 aliphatic heterocycles. The zero-order chi connectivity index (χ0) is 11.5. The Bertz CT molecular complexity index is 405. The molecule has 1 saturated heterocycles. The molecule has 86 valence electrons. The summed E-state index contributed by atoms with van der Waals surface area (Å²) in [7, 11) is 1.60. The van der Waals surface area contributed by atoms with Gasteiger partial charge in [0.15, 0.2) is 0 Å². The Balaban J connectivity index is 2.07. The van der Waals surface area contributed by atoms with Gasteiger partial charge in [0.2, 0.25) is 5.91 Å². The van der Waals surface area contributed by atoms with E-state index in [1.807, 2.05) is 12.1 Å². The number of hydrogen-bond donors (Lipinski definition) is 2. The third kappa shape index (κ3) is 2.54. The van der Waals surface area contributed by atoms with Gasteiger partial charge < -0.3 is 15.4 Å². The minimum atomic E-state index is 0.0545. The van der Waals surface area contributed by atoms with E-state index in [2.05, 4.69) is 26.6 Å². The Morgan fingerprint density at radius 1 is 1.50 bits per heavy atom. The molecule has 1 amide bonds. The predicted molar refractivity (Wildman–Crippen MR) is 65.7 cm³/mol. The van der Waals surface area contributed by atoms with Gasteiger partial charge in [0, 0.05) is 29.3 Å². The van der Waals surface area contributed by atoms with E-state index in [4.69, 9.17) is 4.74 Å². The summed E-state index contributed by atoms with van der Waals surface area (Å²) in [6, 6.07) is 5.50. The van der Waals surface area contributed by atoms with E-state index in [-0.39, 0.29) is 11.8 Å². The SMILES string of the molecule is COc1cc(Br)cc(NC(=O)C2CNC2)c1. The summed E-state index contributed by atoms with van der Waals surface area (Å²) in [5, 5.41) is 5.94. The molecule has 1 aromatic rings. The van der Waals surface area contributed by atoms with Crippen LogP contribution in [0.1, 0.15) is 0 Å². The fourth-order valence-electron chi connectivity index (χ4n) is 1.47. The lowest BCUT2D eigenvalue weighted by molar-refractivity contribution is -0.121. The molecule has 1 fully saturated rings. The first-order valence-electron chi connectivity index (χ1n) is 5.05. The van der Waals surface area contributed by atoms with Crippen LogP contribution >= 0.6 is 15.9 Å². The maximum atomic E-state index is 11.7. The minimum absolute atomic E-state index is 0.0545. The number of nitrogens with one attached hydrogen (secondary N) is 2. The fourth-order valence-corrected chi connectivity index (χ4v) is 1.94. The van der Waals surface area contributed by atoms with Gasteiger partial charge in [-0.05, 0) is 12.1 Å². The number of rotatable bonds is 3. The zero-order valence-corrected chi connectivity index (χ0v) is 10.5. The van der Waals surface area contributed by atoms with Crippen molar-refractivity contribution in [3.8, 4) is 5.75 Å². The van der Waals surface area contributed by atoms with Crippen molar-refractivity contribution >= 4 is 27.5 Å². The van der Waals surface area contributed by atoms with Gasteiger partial charge in [0.1, 0.15) is 5.75 Å². The molecule has 5 heteroatoms. The van der Waals surface area contributed by atoms with E-state index in [9.17, 15) is 4.79 Å². The highest BCUT2D eigenvalue weighted by Gasteiger charge is 2.24. The van der Waals surface area contributed by atoms with Crippen molar-refractivity contribution in [3.63, 3.8) is 0 Å². The van der Waals surface area contributed by atoms with Crippen LogP contribution in [0.2, 0.25) is 0 Å². The lowest BCUT2D eigenvalue weighted by atomic mass is 10.0. The molecule has 0 aliphatic carbocycles. The Labute approximate surface area is 102 Å². The van der Waals surface area contributed by atoms with Crippen molar-refractivity contribution in [2.24, 2.45) is 5.92 Å². The van der Waals surface area contributed by atoms with Gasteiger partial charge in [0.25, 0.3) is 0 Å². The average Bonchev–Trinajstić information content (AvgIpc) is 2.13. The highest BCUT2D eigenvalue weighted by Crippen LogP contribution is 2.25. The third-order valence-electron chi connectivity index (χ3n) is 2.53. The van der Waals surface area contributed by atoms with E-state index >= 15 is 0 Å². The van der Waals surface area contributed by atoms with Crippen LogP contribution in [0.3, 0.4) is 0 Å². The number of halogens is 1. The molecule has 0 atom stereocenters. The molecule has 16 heavy (non-hydrogen) atoms. The maximum Gasteiger partial charge on any atom is 0.230 e. The van der Waals surface area contributed by atoms with Crippen molar-refractivity contribution in [1.82, 2.24) is 5.32 Å². The van der Waals surface area contributed by atoms with Crippen molar-refractivity contribution in [2.75, 3.05) is 25.5 Å². The molecule has 2 N–H and O–H groups in total. The molecule has 4 nitrogen and oxygen atoms in total. The normalized spacial score (nSPS) is 15.4. The van der Waals surface area contributed by atoms with E-state index in [1.165, 1.54) is 0 Å². The van der Waals surface area contributed by atoms with Crippen molar-refractivity contribution in [2.45, 2.75) is 0 Å².